The van der Waals surface area contributed by atoms with E-state index in [-0.39, 0.29) is 35.7 Å². The minimum Gasteiger partial charge on any atom is -0.493 e. The van der Waals surface area contributed by atoms with E-state index in [1.54, 1.807) is 0 Å². The smallest absolute Gasteiger partial charge is 0.328 e. The number of ether oxygens (including phenoxy) is 4. The molecule has 0 heterocycles. The highest BCUT2D eigenvalue weighted by Crippen LogP contribution is 2.38. The van der Waals surface area contributed by atoms with Crippen molar-refractivity contribution in [1.82, 2.24) is 10.6 Å². The van der Waals surface area contributed by atoms with Gasteiger partial charge < -0.3 is 34.7 Å². The Morgan fingerprint density at radius 2 is 1.52 bits per heavy atom. The zero-order chi connectivity index (χ0) is 25.0. The van der Waals surface area contributed by atoms with Gasteiger partial charge in [0.05, 0.1) is 28.4 Å². The molecule has 0 aliphatic carbocycles. The third kappa shape index (κ3) is 8.17. The predicted octanol–water partition coefficient (Wildman–Crippen LogP) is 1.52. The van der Waals surface area contributed by atoms with Crippen molar-refractivity contribution < 1.29 is 43.2 Å². The number of benzene rings is 1. The number of rotatable bonds is 14. The largest absolute Gasteiger partial charge is 0.493 e. The first kappa shape index (κ1) is 27.5. The van der Waals surface area contributed by atoms with Crippen LogP contribution < -0.4 is 24.8 Å². The monoisotopic (exact) mass is 468 g/mol. The van der Waals surface area contributed by atoms with Crippen molar-refractivity contribution in [1.29, 1.82) is 0 Å². The van der Waals surface area contributed by atoms with Crippen LogP contribution in [0.1, 0.15) is 49.4 Å². The zero-order valence-corrected chi connectivity index (χ0v) is 19.6. The second-order valence-corrected chi connectivity index (χ2v) is 7.10. The molecule has 0 aliphatic rings. The summed E-state index contributed by atoms with van der Waals surface area (Å²) in [5.41, 5.74) is 0.105. The highest BCUT2D eigenvalue weighted by Gasteiger charge is 2.28. The van der Waals surface area contributed by atoms with Crippen LogP contribution >= 0.6 is 0 Å². The fraction of sp³-hybridized carbons (Fsp3) is 0.545. The van der Waals surface area contributed by atoms with E-state index in [0.29, 0.717) is 12.8 Å². The quantitative estimate of drug-likeness (QED) is 0.345. The maximum absolute atomic E-state index is 12.9. The number of carbonyl (C=O) groups is 4. The van der Waals surface area contributed by atoms with Crippen LogP contribution in [0.4, 0.5) is 0 Å². The van der Waals surface area contributed by atoms with Crippen molar-refractivity contribution in [2.45, 2.75) is 51.1 Å². The van der Waals surface area contributed by atoms with E-state index in [9.17, 15) is 19.2 Å². The predicted molar refractivity (Wildman–Crippen MR) is 118 cm³/mol. The average molecular weight is 469 g/mol. The zero-order valence-electron chi connectivity index (χ0n) is 19.6. The lowest BCUT2D eigenvalue weighted by atomic mass is 10.1. The van der Waals surface area contributed by atoms with Crippen LogP contribution in [0.5, 0.6) is 17.2 Å². The van der Waals surface area contributed by atoms with Crippen LogP contribution in [0.3, 0.4) is 0 Å². The number of unbranched alkanes of at least 4 members (excludes halogenated alkanes) is 1. The molecule has 0 fully saturated rings. The number of aliphatic carboxylic acids is 1. The van der Waals surface area contributed by atoms with Gasteiger partial charge in [-0.3, -0.25) is 14.4 Å². The van der Waals surface area contributed by atoms with Crippen LogP contribution in [0.25, 0.3) is 0 Å². The average Bonchev–Trinajstić information content (AvgIpc) is 2.81. The van der Waals surface area contributed by atoms with Gasteiger partial charge in [-0.05, 0) is 25.0 Å². The molecule has 2 amide bonds. The second-order valence-electron chi connectivity index (χ2n) is 7.10. The summed E-state index contributed by atoms with van der Waals surface area (Å²) in [6, 6.07) is 0.692. The van der Waals surface area contributed by atoms with Gasteiger partial charge in [0.25, 0.3) is 5.91 Å². The van der Waals surface area contributed by atoms with Gasteiger partial charge in [-0.15, -0.1) is 0 Å². The Morgan fingerprint density at radius 1 is 0.909 bits per heavy atom. The maximum atomic E-state index is 12.9. The molecule has 0 aromatic heterocycles. The van der Waals surface area contributed by atoms with Gasteiger partial charge in [0.2, 0.25) is 11.7 Å². The summed E-state index contributed by atoms with van der Waals surface area (Å²) in [6.07, 6.45) is 1.26. The molecule has 33 heavy (non-hydrogen) atoms. The summed E-state index contributed by atoms with van der Waals surface area (Å²) < 4.78 is 20.4. The molecule has 3 N–H and O–H groups in total. The first-order valence-corrected chi connectivity index (χ1v) is 10.4. The second kappa shape index (κ2) is 13.8. The lowest BCUT2D eigenvalue weighted by Crippen LogP contribution is -2.52. The molecule has 0 saturated heterocycles. The molecule has 0 unspecified atom stereocenters. The SMILES string of the molecule is CCCC[C@H](NC(=O)[C@@H](CCC(=O)O)NC(=O)c1cc(OC)c(OC)c(OC)c1)C(=O)OC. The number of carbonyl (C=O) groups excluding carboxylic acids is 3. The van der Waals surface area contributed by atoms with E-state index in [1.165, 1.54) is 40.6 Å². The molecule has 0 radical (unpaired) electrons. The fourth-order valence-electron chi connectivity index (χ4n) is 3.06. The summed E-state index contributed by atoms with van der Waals surface area (Å²) in [5.74, 6) is -2.35. The van der Waals surface area contributed by atoms with Crippen LogP contribution in [-0.4, -0.2) is 69.4 Å². The number of hydrogen-bond donors (Lipinski definition) is 3. The van der Waals surface area contributed by atoms with E-state index < -0.39 is 35.8 Å². The normalized spacial score (nSPS) is 12.2. The molecule has 184 valence electrons. The molecule has 0 saturated carbocycles. The summed E-state index contributed by atoms with van der Waals surface area (Å²) in [7, 11) is 5.42. The first-order chi connectivity index (χ1) is 15.7. The Kier molecular flexibility index (Phi) is 11.5. The minimum atomic E-state index is -1.21. The van der Waals surface area contributed by atoms with Crippen LogP contribution in [0, 0.1) is 0 Å². The molecule has 0 bridgehead atoms. The van der Waals surface area contributed by atoms with E-state index in [2.05, 4.69) is 10.6 Å². The number of methoxy groups -OCH3 is 4. The van der Waals surface area contributed by atoms with Crippen molar-refractivity contribution in [2.75, 3.05) is 28.4 Å². The first-order valence-electron chi connectivity index (χ1n) is 10.4. The Balaban J connectivity index is 3.14. The Labute approximate surface area is 192 Å². The number of nitrogens with one attached hydrogen (secondary N) is 2. The Bertz CT molecular complexity index is 816. The van der Waals surface area contributed by atoms with Crippen LogP contribution in [0.15, 0.2) is 12.1 Å². The Hall–Kier alpha value is -3.50. The summed E-state index contributed by atoms with van der Waals surface area (Å²) in [5, 5.41) is 14.1. The van der Waals surface area contributed by atoms with Gasteiger partial charge in [-0.2, -0.15) is 0 Å². The highest BCUT2D eigenvalue weighted by molar-refractivity contribution is 5.99. The Morgan fingerprint density at radius 3 is 1.97 bits per heavy atom. The third-order valence-corrected chi connectivity index (χ3v) is 4.84. The molecular formula is C22H32N2O9. The lowest BCUT2D eigenvalue weighted by Gasteiger charge is -2.22. The molecule has 11 nitrogen and oxygen atoms in total. The van der Waals surface area contributed by atoms with E-state index in [1.807, 2.05) is 6.92 Å². The molecule has 0 spiro atoms. The number of amides is 2. The van der Waals surface area contributed by atoms with Crippen molar-refractivity contribution in [3.05, 3.63) is 17.7 Å². The van der Waals surface area contributed by atoms with E-state index in [0.717, 1.165) is 6.42 Å². The standard InChI is InChI=1S/C22H32N2O9/c1-6-7-8-15(22(29)33-5)24-21(28)14(9-10-18(25)26)23-20(27)13-11-16(30-2)19(32-4)17(12-13)31-3/h11-12,14-15H,6-10H2,1-5H3,(H,23,27)(H,24,28)(H,25,26)/t14-,15+/m1/s1. The number of carboxylic acids is 1. The molecule has 1 rings (SSSR count). The van der Waals surface area contributed by atoms with Gasteiger partial charge >= 0.3 is 11.9 Å². The minimum absolute atomic E-state index is 0.105. The van der Waals surface area contributed by atoms with Gasteiger partial charge in [0.15, 0.2) is 11.5 Å². The molecule has 1 aromatic carbocycles. The van der Waals surface area contributed by atoms with Gasteiger partial charge in [-0.1, -0.05) is 19.8 Å². The highest BCUT2D eigenvalue weighted by atomic mass is 16.5. The topological polar surface area (TPSA) is 149 Å². The van der Waals surface area contributed by atoms with E-state index in [4.69, 9.17) is 24.1 Å². The molecular weight excluding hydrogens is 436 g/mol. The fourth-order valence-corrected chi connectivity index (χ4v) is 3.06. The number of esters is 1. The van der Waals surface area contributed by atoms with Gasteiger partial charge in [0, 0.05) is 12.0 Å². The van der Waals surface area contributed by atoms with Crippen molar-refractivity contribution in [2.24, 2.45) is 0 Å². The molecule has 1 aromatic rings. The molecule has 2 atom stereocenters. The summed E-state index contributed by atoms with van der Waals surface area (Å²) >= 11 is 0. The van der Waals surface area contributed by atoms with Crippen LogP contribution in [0.2, 0.25) is 0 Å². The van der Waals surface area contributed by atoms with Crippen molar-refractivity contribution >= 4 is 23.8 Å². The van der Waals surface area contributed by atoms with Crippen LogP contribution in [-0.2, 0) is 19.1 Å². The third-order valence-electron chi connectivity index (χ3n) is 4.84. The maximum Gasteiger partial charge on any atom is 0.328 e. The summed E-state index contributed by atoms with van der Waals surface area (Å²) in [6.45, 7) is 1.93. The lowest BCUT2D eigenvalue weighted by molar-refractivity contribution is -0.145. The number of hydrogen-bond acceptors (Lipinski definition) is 8. The van der Waals surface area contributed by atoms with Gasteiger partial charge in [-0.25, -0.2) is 4.79 Å². The molecule has 11 heteroatoms. The molecule has 0 aliphatic heterocycles. The number of carboxylic acid groups (broad SMARTS) is 1. The summed E-state index contributed by atoms with van der Waals surface area (Å²) in [4.78, 5) is 48.9. The van der Waals surface area contributed by atoms with Crippen molar-refractivity contribution in [3.63, 3.8) is 0 Å². The van der Waals surface area contributed by atoms with E-state index >= 15 is 0 Å². The van der Waals surface area contributed by atoms with Gasteiger partial charge in [0.1, 0.15) is 12.1 Å². The van der Waals surface area contributed by atoms with Crippen molar-refractivity contribution in [3.8, 4) is 17.2 Å².